The zero-order valence-corrected chi connectivity index (χ0v) is 16.1. The van der Waals surface area contributed by atoms with Crippen molar-refractivity contribution in [2.24, 2.45) is 0 Å². The highest BCUT2D eigenvalue weighted by Gasteiger charge is 2.09. The summed E-state index contributed by atoms with van der Waals surface area (Å²) in [5.41, 5.74) is 3.55. The molecule has 0 aliphatic heterocycles. The van der Waals surface area contributed by atoms with Crippen LogP contribution in [0.5, 0.6) is 11.5 Å². The van der Waals surface area contributed by atoms with E-state index >= 15 is 0 Å². The Labute approximate surface area is 169 Å². The molecule has 0 fully saturated rings. The van der Waals surface area contributed by atoms with E-state index < -0.39 is 0 Å². The second kappa shape index (κ2) is 8.48. The summed E-state index contributed by atoms with van der Waals surface area (Å²) in [6.07, 6.45) is 4.58. The highest BCUT2D eigenvalue weighted by Crippen LogP contribution is 2.29. The fourth-order valence-electron chi connectivity index (χ4n) is 3.04. The molecule has 0 saturated carbocycles. The third kappa shape index (κ3) is 4.73. The minimum Gasteiger partial charge on any atom is -0.455 e. The number of amides is 2. The van der Waals surface area contributed by atoms with Crippen molar-refractivity contribution in [1.29, 1.82) is 0 Å². The van der Waals surface area contributed by atoms with Crippen LogP contribution in [0.25, 0.3) is 5.65 Å². The Kier molecular flexibility index (Phi) is 5.42. The molecule has 6 heteroatoms. The molecule has 0 saturated heterocycles. The van der Waals surface area contributed by atoms with Gasteiger partial charge in [-0.05, 0) is 48.9 Å². The summed E-state index contributed by atoms with van der Waals surface area (Å²) < 4.78 is 7.91. The van der Waals surface area contributed by atoms with Gasteiger partial charge in [-0.25, -0.2) is 9.78 Å². The van der Waals surface area contributed by atoms with E-state index in [9.17, 15) is 4.79 Å². The predicted molar refractivity (Wildman–Crippen MR) is 114 cm³/mol. The number of hydrogen-bond donors (Lipinski definition) is 2. The summed E-state index contributed by atoms with van der Waals surface area (Å²) >= 11 is 0. The fraction of sp³-hybridized carbons (Fsp3) is 0.130. The van der Waals surface area contributed by atoms with E-state index in [-0.39, 0.29) is 6.03 Å². The van der Waals surface area contributed by atoms with Gasteiger partial charge in [-0.2, -0.15) is 0 Å². The number of carbonyl (C=O) groups excluding carboxylic acids is 1. The first-order chi connectivity index (χ1) is 14.2. The predicted octanol–water partition coefficient (Wildman–Crippen LogP) is 4.80. The average Bonchev–Trinajstić information content (AvgIpc) is 3.12. The van der Waals surface area contributed by atoms with Crippen molar-refractivity contribution < 1.29 is 9.53 Å². The van der Waals surface area contributed by atoms with Gasteiger partial charge >= 0.3 is 6.03 Å². The molecule has 29 heavy (non-hydrogen) atoms. The van der Waals surface area contributed by atoms with Gasteiger partial charge in [-0.3, -0.25) is 0 Å². The lowest BCUT2D eigenvalue weighted by Gasteiger charge is -2.13. The Morgan fingerprint density at radius 3 is 2.79 bits per heavy atom. The lowest BCUT2D eigenvalue weighted by Crippen LogP contribution is -2.30. The monoisotopic (exact) mass is 386 g/mol. The summed E-state index contributed by atoms with van der Waals surface area (Å²) in [4.78, 5) is 16.9. The number of nitrogens with zero attached hydrogens (tertiary/aromatic N) is 2. The lowest BCUT2D eigenvalue weighted by molar-refractivity contribution is 0.252. The zero-order valence-electron chi connectivity index (χ0n) is 16.1. The highest BCUT2D eigenvalue weighted by atomic mass is 16.5. The van der Waals surface area contributed by atoms with Crippen molar-refractivity contribution in [3.05, 3.63) is 90.4 Å². The van der Waals surface area contributed by atoms with Crippen molar-refractivity contribution in [3.8, 4) is 11.5 Å². The number of urea groups is 1. The van der Waals surface area contributed by atoms with Gasteiger partial charge in [-0.15, -0.1) is 0 Å². The normalized spacial score (nSPS) is 10.7. The minimum atomic E-state index is -0.283. The smallest absolute Gasteiger partial charge is 0.319 e. The summed E-state index contributed by atoms with van der Waals surface area (Å²) in [6, 6.07) is 20.7. The number of aryl methyl sites for hydroxylation is 1. The standard InChI is InChI=1S/C23H22N4O2/c1-17-7-6-8-19(15-17)29-21-10-3-2-9-20(21)26-23(28)24-13-12-18-16-27-14-5-4-11-22(27)25-18/h2-11,14-16H,12-13H2,1H3,(H2,24,26,28). The topological polar surface area (TPSA) is 67.7 Å². The van der Waals surface area contributed by atoms with Crippen molar-refractivity contribution in [1.82, 2.24) is 14.7 Å². The van der Waals surface area contributed by atoms with E-state index in [0.29, 0.717) is 24.4 Å². The number of rotatable bonds is 6. The molecule has 0 atom stereocenters. The largest absolute Gasteiger partial charge is 0.455 e. The van der Waals surface area contributed by atoms with Crippen LogP contribution in [0.2, 0.25) is 0 Å². The van der Waals surface area contributed by atoms with Gasteiger partial charge in [0, 0.05) is 25.4 Å². The number of ether oxygens (including phenoxy) is 1. The molecule has 0 spiro atoms. The molecule has 0 aliphatic rings. The van der Waals surface area contributed by atoms with Gasteiger partial charge in [0.1, 0.15) is 11.4 Å². The molecule has 0 bridgehead atoms. The molecular weight excluding hydrogens is 364 g/mol. The van der Waals surface area contributed by atoms with E-state index in [1.54, 1.807) is 0 Å². The Morgan fingerprint density at radius 1 is 1.07 bits per heavy atom. The molecule has 0 radical (unpaired) electrons. The molecule has 2 amide bonds. The number of hydrogen-bond acceptors (Lipinski definition) is 3. The molecule has 2 heterocycles. The number of nitrogens with one attached hydrogen (secondary N) is 2. The van der Waals surface area contributed by atoms with Crippen LogP contribution in [0.1, 0.15) is 11.3 Å². The number of carbonyl (C=O) groups is 1. The lowest BCUT2D eigenvalue weighted by atomic mass is 10.2. The van der Waals surface area contributed by atoms with Crippen LogP contribution in [-0.2, 0) is 6.42 Å². The Hall–Kier alpha value is -3.80. The second-order valence-corrected chi connectivity index (χ2v) is 6.74. The Balaban J connectivity index is 1.34. The van der Waals surface area contributed by atoms with E-state index in [2.05, 4.69) is 15.6 Å². The highest BCUT2D eigenvalue weighted by molar-refractivity contribution is 5.90. The van der Waals surface area contributed by atoms with Crippen LogP contribution in [0.3, 0.4) is 0 Å². The van der Waals surface area contributed by atoms with Crippen LogP contribution < -0.4 is 15.4 Å². The van der Waals surface area contributed by atoms with Gasteiger partial charge in [0.25, 0.3) is 0 Å². The summed E-state index contributed by atoms with van der Waals surface area (Å²) in [6.45, 7) is 2.49. The minimum absolute atomic E-state index is 0.283. The van der Waals surface area contributed by atoms with Crippen LogP contribution in [0.15, 0.2) is 79.1 Å². The van der Waals surface area contributed by atoms with Gasteiger partial charge in [0.05, 0.1) is 11.4 Å². The van der Waals surface area contributed by atoms with Crippen molar-refractivity contribution >= 4 is 17.4 Å². The maximum atomic E-state index is 12.3. The third-order valence-electron chi connectivity index (χ3n) is 4.43. The summed E-state index contributed by atoms with van der Waals surface area (Å²) in [7, 11) is 0. The molecule has 0 unspecified atom stereocenters. The first-order valence-corrected chi connectivity index (χ1v) is 9.48. The zero-order chi connectivity index (χ0) is 20.1. The number of aromatic nitrogens is 2. The second-order valence-electron chi connectivity index (χ2n) is 6.74. The molecule has 2 aromatic heterocycles. The first-order valence-electron chi connectivity index (χ1n) is 9.48. The van der Waals surface area contributed by atoms with Gasteiger partial charge < -0.3 is 19.8 Å². The van der Waals surface area contributed by atoms with E-state index in [0.717, 1.165) is 22.7 Å². The van der Waals surface area contributed by atoms with Crippen molar-refractivity contribution in [2.45, 2.75) is 13.3 Å². The van der Waals surface area contributed by atoms with Crippen LogP contribution in [0.4, 0.5) is 10.5 Å². The number of para-hydroxylation sites is 2. The number of pyridine rings is 1. The van der Waals surface area contributed by atoms with E-state index in [4.69, 9.17) is 4.74 Å². The molecular formula is C23H22N4O2. The molecule has 4 aromatic rings. The SMILES string of the molecule is Cc1cccc(Oc2ccccc2NC(=O)NCCc2cn3ccccc3n2)c1. The fourth-order valence-corrected chi connectivity index (χ4v) is 3.04. The number of benzene rings is 2. The summed E-state index contributed by atoms with van der Waals surface area (Å²) in [5.74, 6) is 1.32. The number of imidazole rings is 1. The van der Waals surface area contributed by atoms with Crippen molar-refractivity contribution in [2.75, 3.05) is 11.9 Å². The molecule has 2 N–H and O–H groups in total. The van der Waals surface area contributed by atoms with E-state index in [1.807, 2.05) is 90.4 Å². The molecule has 6 nitrogen and oxygen atoms in total. The number of fused-ring (bicyclic) bond motifs is 1. The average molecular weight is 386 g/mol. The van der Waals surface area contributed by atoms with Gasteiger partial charge in [-0.1, -0.05) is 30.3 Å². The quantitative estimate of drug-likeness (QED) is 0.500. The molecule has 146 valence electrons. The third-order valence-corrected chi connectivity index (χ3v) is 4.43. The Bertz CT molecular complexity index is 1100. The van der Waals surface area contributed by atoms with E-state index in [1.165, 1.54) is 0 Å². The Morgan fingerprint density at radius 2 is 1.93 bits per heavy atom. The molecule has 0 aliphatic carbocycles. The van der Waals surface area contributed by atoms with Crippen LogP contribution in [-0.4, -0.2) is 22.0 Å². The van der Waals surface area contributed by atoms with Gasteiger partial charge in [0.2, 0.25) is 0 Å². The maximum Gasteiger partial charge on any atom is 0.319 e. The van der Waals surface area contributed by atoms with Crippen LogP contribution >= 0.6 is 0 Å². The molecule has 4 rings (SSSR count). The van der Waals surface area contributed by atoms with Gasteiger partial charge in [0.15, 0.2) is 5.75 Å². The van der Waals surface area contributed by atoms with Crippen molar-refractivity contribution in [3.63, 3.8) is 0 Å². The molecule has 2 aromatic carbocycles. The summed E-state index contributed by atoms with van der Waals surface area (Å²) in [5, 5.41) is 5.73. The maximum absolute atomic E-state index is 12.3. The first kappa shape index (κ1) is 18.6. The van der Waals surface area contributed by atoms with Crippen LogP contribution in [0, 0.1) is 6.92 Å². The number of anilines is 1.